The van der Waals surface area contributed by atoms with Crippen molar-refractivity contribution in [2.45, 2.75) is 24.8 Å². The lowest BCUT2D eigenvalue weighted by atomic mass is 9.78. The lowest BCUT2D eigenvalue weighted by Gasteiger charge is -2.34. The van der Waals surface area contributed by atoms with Gasteiger partial charge in [-0.05, 0) is 19.3 Å². The molecule has 7 heavy (non-hydrogen) atoms. The zero-order chi connectivity index (χ0) is 5.33. The first-order chi connectivity index (χ1) is 3.27. The maximum Gasteiger partial charge on any atom is 0.0342 e. The Balaban J connectivity index is 2.43. The SMILES string of the molecule is [CH]=CC1(N)CCC1. The van der Waals surface area contributed by atoms with Crippen LogP contribution in [0, 0.1) is 6.58 Å². The smallest absolute Gasteiger partial charge is 0.0342 e. The van der Waals surface area contributed by atoms with Gasteiger partial charge in [0.1, 0.15) is 0 Å². The van der Waals surface area contributed by atoms with Crippen LogP contribution in [0.3, 0.4) is 0 Å². The maximum absolute atomic E-state index is 5.62. The van der Waals surface area contributed by atoms with Gasteiger partial charge in [-0.1, -0.05) is 12.7 Å². The first-order valence-electron chi connectivity index (χ1n) is 2.62. The van der Waals surface area contributed by atoms with Crippen molar-refractivity contribution in [2.75, 3.05) is 0 Å². The van der Waals surface area contributed by atoms with Crippen molar-refractivity contribution in [3.63, 3.8) is 0 Å². The predicted octanol–water partition coefficient (Wildman–Crippen LogP) is 0.857. The van der Waals surface area contributed by atoms with Crippen molar-refractivity contribution in [1.82, 2.24) is 0 Å². The van der Waals surface area contributed by atoms with Gasteiger partial charge in [0.15, 0.2) is 0 Å². The topological polar surface area (TPSA) is 26.0 Å². The molecule has 0 heterocycles. The van der Waals surface area contributed by atoms with Crippen molar-refractivity contribution in [2.24, 2.45) is 5.73 Å². The lowest BCUT2D eigenvalue weighted by molar-refractivity contribution is 0.317. The summed E-state index contributed by atoms with van der Waals surface area (Å²) >= 11 is 0. The summed E-state index contributed by atoms with van der Waals surface area (Å²) in [6.45, 7) is 5.22. The molecule has 0 amide bonds. The number of rotatable bonds is 1. The standard InChI is InChI=1S/C6H10N/c1-2-6(7)4-3-5-6/h1-2H,3-5,7H2. The van der Waals surface area contributed by atoms with E-state index in [1.807, 2.05) is 0 Å². The molecule has 0 atom stereocenters. The molecule has 0 saturated heterocycles. The molecule has 1 nitrogen and oxygen atoms in total. The Morgan fingerprint density at radius 1 is 1.57 bits per heavy atom. The molecule has 0 aliphatic heterocycles. The fourth-order valence-electron chi connectivity index (χ4n) is 0.752. The minimum Gasteiger partial charge on any atom is -0.322 e. The van der Waals surface area contributed by atoms with Crippen molar-refractivity contribution >= 4 is 0 Å². The van der Waals surface area contributed by atoms with Crippen LogP contribution in [-0.2, 0) is 0 Å². The molecule has 0 aromatic rings. The summed E-state index contributed by atoms with van der Waals surface area (Å²) in [6.07, 6.45) is 4.99. The lowest BCUT2D eigenvalue weighted by Crippen LogP contribution is -2.43. The Kier molecular flexibility index (Phi) is 0.927. The van der Waals surface area contributed by atoms with Crippen LogP contribution in [0.4, 0.5) is 0 Å². The van der Waals surface area contributed by atoms with Gasteiger partial charge in [-0.3, -0.25) is 0 Å². The highest BCUT2D eigenvalue weighted by atomic mass is 14.8. The second-order valence-electron chi connectivity index (χ2n) is 2.25. The summed E-state index contributed by atoms with van der Waals surface area (Å²) in [4.78, 5) is 0. The van der Waals surface area contributed by atoms with Crippen LogP contribution >= 0.6 is 0 Å². The molecule has 1 aliphatic rings. The molecule has 1 saturated carbocycles. The Bertz CT molecular complexity index is 82.2. The highest BCUT2D eigenvalue weighted by Gasteiger charge is 2.28. The minimum absolute atomic E-state index is 0.0833. The van der Waals surface area contributed by atoms with Crippen LogP contribution in [0.5, 0.6) is 0 Å². The van der Waals surface area contributed by atoms with E-state index >= 15 is 0 Å². The van der Waals surface area contributed by atoms with Crippen molar-refractivity contribution in [1.29, 1.82) is 0 Å². The maximum atomic E-state index is 5.62. The van der Waals surface area contributed by atoms with Crippen LogP contribution in [0.2, 0.25) is 0 Å². The van der Waals surface area contributed by atoms with Gasteiger partial charge in [0.05, 0.1) is 0 Å². The van der Waals surface area contributed by atoms with Gasteiger partial charge < -0.3 is 5.73 Å². The van der Waals surface area contributed by atoms with E-state index in [1.165, 1.54) is 6.42 Å². The first-order valence-corrected chi connectivity index (χ1v) is 2.62. The van der Waals surface area contributed by atoms with E-state index in [4.69, 9.17) is 12.3 Å². The van der Waals surface area contributed by atoms with Crippen molar-refractivity contribution in [3.8, 4) is 0 Å². The number of nitrogens with two attached hydrogens (primary N) is 1. The van der Waals surface area contributed by atoms with Gasteiger partial charge in [-0.25, -0.2) is 0 Å². The summed E-state index contributed by atoms with van der Waals surface area (Å²) in [5.74, 6) is 0. The first kappa shape index (κ1) is 4.85. The minimum atomic E-state index is -0.0833. The Labute approximate surface area is 44.2 Å². The summed E-state index contributed by atoms with van der Waals surface area (Å²) in [7, 11) is 0. The average Bonchev–Trinajstić information content (AvgIpc) is 1.61. The van der Waals surface area contributed by atoms with Crippen LogP contribution in [0.1, 0.15) is 19.3 Å². The molecular formula is C6H10N. The third-order valence-electron chi connectivity index (χ3n) is 1.62. The normalized spacial score (nSPS) is 25.9. The molecule has 0 spiro atoms. The third kappa shape index (κ3) is 0.682. The molecule has 0 aromatic carbocycles. The molecule has 1 rings (SSSR count). The summed E-state index contributed by atoms with van der Waals surface area (Å²) in [6, 6.07) is 0. The summed E-state index contributed by atoms with van der Waals surface area (Å²) in [5, 5.41) is 0. The second kappa shape index (κ2) is 1.34. The zero-order valence-electron chi connectivity index (χ0n) is 4.35. The molecule has 1 radical (unpaired) electrons. The van der Waals surface area contributed by atoms with Crippen LogP contribution in [0.25, 0.3) is 0 Å². The van der Waals surface area contributed by atoms with Gasteiger partial charge in [-0.15, -0.1) is 0 Å². The predicted molar refractivity (Wildman–Crippen MR) is 29.6 cm³/mol. The van der Waals surface area contributed by atoms with E-state index in [9.17, 15) is 0 Å². The Morgan fingerprint density at radius 3 is 2.14 bits per heavy atom. The summed E-state index contributed by atoms with van der Waals surface area (Å²) in [5.41, 5.74) is 5.54. The molecular weight excluding hydrogens is 86.1 g/mol. The Hall–Kier alpha value is -0.300. The van der Waals surface area contributed by atoms with E-state index in [0.717, 1.165) is 12.8 Å². The molecule has 1 heteroatoms. The fraction of sp³-hybridized carbons (Fsp3) is 0.667. The zero-order valence-corrected chi connectivity index (χ0v) is 4.35. The van der Waals surface area contributed by atoms with E-state index in [2.05, 4.69) is 0 Å². The quantitative estimate of drug-likeness (QED) is 0.514. The molecule has 39 valence electrons. The van der Waals surface area contributed by atoms with Crippen LogP contribution in [0.15, 0.2) is 6.08 Å². The van der Waals surface area contributed by atoms with Gasteiger partial charge in [0, 0.05) is 5.54 Å². The highest BCUT2D eigenvalue weighted by Crippen LogP contribution is 2.29. The second-order valence-corrected chi connectivity index (χ2v) is 2.25. The molecule has 0 unspecified atom stereocenters. The van der Waals surface area contributed by atoms with Gasteiger partial charge in [-0.2, -0.15) is 0 Å². The van der Waals surface area contributed by atoms with Gasteiger partial charge >= 0.3 is 0 Å². The fourth-order valence-corrected chi connectivity index (χ4v) is 0.752. The van der Waals surface area contributed by atoms with E-state index in [0.29, 0.717) is 0 Å². The number of hydrogen-bond acceptors (Lipinski definition) is 1. The average molecular weight is 96.2 g/mol. The summed E-state index contributed by atoms with van der Waals surface area (Å²) < 4.78 is 0. The van der Waals surface area contributed by atoms with E-state index < -0.39 is 0 Å². The monoisotopic (exact) mass is 96.1 g/mol. The molecule has 1 fully saturated rings. The van der Waals surface area contributed by atoms with Crippen LogP contribution in [-0.4, -0.2) is 5.54 Å². The molecule has 0 aromatic heterocycles. The largest absolute Gasteiger partial charge is 0.322 e. The molecule has 1 aliphatic carbocycles. The highest BCUT2D eigenvalue weighted by molar-refractivity contribution is 5.04. The van der Waals surface area contributed by atoms with Gasteiger partial charge in [0.25, 0.3) is 0 Å². The van der Waals surface area contributed by atoms with E-state index in [-0.39, 0.29) is 5.54 Å². The van der Waals surface area contributed by atoms with Crippen molar-refractivity contribution in [3.05, 3.63) is 12.7 Å². The molecule has 2 N–H and O–H groups in total. The Morgan fingerprint density at radius 2 is 2.14 bits per heavy atom. The van der Waals surface area contributed by atoms with Gasteiger partial charge in [0.2, 0.25) is 0 Å². The molecule has 0 bridgehead atoms. The number of hydrogen-bond donors (Lipinski definition) is 1. The van der Waals surface area contributed by atoms with Crippen molar-refractivity contribution < 1.29 is 0 Å². The van der Waals surface area contributed by atoms with Crippen LogP contribution < -0.4 is 5.73 Å². The van der Waals surface area contributed by atoms with E-state index in [1.54, 1.807) is 6.08 Å². The third-order valence-corrected chi connectivity index (χ3v) is 1.62.